The van der Waals surface area contributed by atoms with Crippen LogP contribution in [0, 0.1) is 17.2 Å². The van der Waals surface area contributed by atoms with E-state index >= 15 is 0 Å². The number of likely N-dealkylation sites (tertiary alicyclic amines) is 1. The van der Waals surface area contributed by atoms with Crippen LogP contribution in [0.15, 0.2) is 97.1 Å². The molecule has 0 unspecified atom stereocenters. The minimum absolute atomic E-state index is 0.00138. The number of fused-ring (bicyclic) bond motifs is 6. The molecule has 4 heterocycles. The number of hydrogen-bond acceptors (Lipinski definition) is 26. The minimum atomic E-state index is -2.00. The van der Waals surface area contributed by atoms with E-state index in [1.165, 1.54) is 41.3 Å². The van der Waals surface area contributed by atoms with Crippen LogP contribution >= 0.6 is 12.2 Å². The predicted molar refractivity (Wildman–Crippen MR) is 462 cm³/mol. The van der Waals surface area contributed by atoms with E-state index in [9.17, 15) is 107 Å². The summed E-state index contributed by atoms with van der Waals surface area (Å²) >= 11 is 5.50. The lowest BCUT2D eigenvalue weighted by molar-refractivity contribution is -0.143. The first-order chi connectivity index (χ1) is 61.7. The van der Waals surface area contributed by atoms with Crippen molar-refractivity contribution >= 4 is 130 Å². The number of aromatic hydroxyl groups is 2. The molecule has 14 amide bonds. The summed E-state index contributed by atoms with van der Waals surface area (Å²) in [5.74, 6) is -19.7. The van der Waals surface area contributed by atoms with Gasteiger partial charge in [-0.15, -0.1) is 0 Å². The molecular weight excluding hydrogens is 1720 g/mol. The number of nitrogens with two attached hydrogens (primary N) is 3. The van der Waals surface area contributed by atoms with Crippen LogP contribution in [0.25, 0.3) is 0 Å². The number of phenols is 2. The maximum atomic E-state index is 14.9. The molecule has 12 atom stereocenters. The van der Waals surface area contributed by atoms with Crippen LogP contribution in [-0.4, -0.2) is 267 Å². The first-order valence-electron chi connectivity index (χ1n) is 41.6. The number of hydrogen-bond donors (Lipinski definition) is 23. The quantitative estimate of drug-likeness (QED) is 0.00505. The van der Waals surface area contributed by atoms with E-state index < -0.39 is 248 Å². The van der Waals surface area contributed by atoms with Crippen LogP contribution in [0.5, 0.6) is 23.0 Å². The molecule has 45 nitrogen and oxygen atoms in total. The van der Waals surface area contributed by atoms with Crippen molar-refractivity contribution in [2.45, 2.75) is 183 Å². The number of esters is 1. The van der Waals surface area contributed by atoms with Crippen molar-refractivity contribution in [1.82, 2.24) is 74.0 Å². The van der Waals surface area contributed by atoms with Crippen molar-refractivity contribution in [3.05, 3.63) is 125 Å². The highest BCUT2D eigenvalue weighted by atomic mass is 32.1. The number of carbonyl (C=O) groups is 17. The van der Waals surface area contributed by atoms with Gasteiger partial charge in [-0.1, -0.05) is 76.2 Å². The van der Waals surface area contributed by atoms with Gasteiger partial charge in [0.05, 0.1) is 44.8 Å². The topological polar surface area (TPSA) is 702 Å². The molecule has 8 rings (SSSR count). The van der Waals surface area contributed by atoms with E-state index in [0.717, 1.165) is 6.92 Å². The fourth-order valence-corrected chi connectivity index (χ4v) is 14.7. The largest absolute Gasteiger partial charge is 0.508 e. The zero-order chi connectivity index (χ0) is 95.4. The summed E-state index contributed by atoms with van der Waals surface area (Å²) in [7, 11) is 0. The Morgan fingerprint density at radius 2 is 1.22 bits per heavy atom. The van der Waals surface area contributed by atoms with Crippen LogP contribution in [0.2, 0.25) is 0 Å². The summed E-state index contributed by atoms with van der Waals surface area (Å²) in [6, 6.07) is 2.59. The van der Waals surface area contributed by atoms with Crippen molar-refractivity contribution in [2.75, 3.05) is 58.0 Å². The third kappa shape index (κ3) is 28.4. The van der Waals surface area contributed by atoms with Gasteiger partial charge in [0.25, 0.3) is 0 Å². The van der Waals surface area contributed by atoms with Gasteiger partial charge in [-0.3, -0.25) is 82.1 Å². The number of ether oxygens (including phenoxy) is 4. The number of benzene rings is 4. The van der Waals surface area contributed by atoms with Gasteiger partial charge < -0.3 is 141 Å². The SMILES string of the molecule is CC(C)[C@H](NC(=O)[C@H](CCCNC(=N)N)NC(=O)[C@H](CO)NC(=O)COCCOCCNC(=S)Nc1ccc2c(c1)C(=O)OC21c2ccc(O)cc2Oc2cc(O)ccc21)C(=O)N[C@H](C(=O)N1CCC[C@H]1C(=O)N[C@H]1C/C=C/C[C@@H](C(=O)N[C@@H](CC(=O)O)C(=O)N[C@@H](C)C(=O)N[C@@H](CC(=O)O)C(N)=O)NC(=O)[C@H](Cc2ccccc2)NC(=O)[C@H](CCC(N)=O)NC1=O)C(C)C. The van der Waals surface area contributed by atoms with Gasteiger partial charge in [0, 0.05) is 67.0 Å². The van der Waals surface area contributed by atoms with Gasteiger partial charge in [-0.25, -0.2) is 4.79 Å². The number of guanidine groups is 1. The molecule has 26 N–H and O–H groups in total. The molecule has 4 aliphatic rings. The molecule has 1 saturated heterocycles. The fraction of sp³-hybridized carbons (Fsp3) is 0.464. The summed E-state index contributed by atoms with van der Waals surface area (Å²) in [4.78, 5) is 233. The molecular formula is C84H109N19O26S. The number of aliphatic hydroxyl groups excluding tert-OH is 1. The number of carboxylic acids is 2. The van der Waals surface area contributed by atoms with E-state index in [2.05, 4.69) is 74.4 Å². The molecule has 4 aromatic rings. The molecule has 1 spiro atoms. The monoisotopic (exact) mass is 1830 g/mol. The smallest absolute Gasteiger partial charge is 0.340 e. The lowest BCUT2D eigenvalue weighted by Gasteiger charge is -2.36. The van der Waals surface area contributed by atoms with Crippen molar-refractivity contribution in [2.24, 2.45) is 29.0 Å². The first kappa shape index (κ1) is 101. The van der Waals surface area contributed by atoms with E-state index in [1.54, 1.807) is 88.4 Å². The Kier molecular flexibility index (Phi) is 37.1. The molecule has 46 heteroatoms. The summed E-state index contributed by atoms with van der Waals surface area (Å²) < 4.78 is 23.2. The number of aliphatic hydroxyl groups is 1. The van der Waals surface area contributed by atoms with E-state index in [0.29, 0.717) is 27.9 Å². The molecule has 0 radical (unpaired) electrons. The summed E-state index contributed by atoms with van der Waals surface area (Å²) in [5.41, 5.74) is 17.3. The number of primary amides is 2. The highest BCUT2D eigenvalue weighted by molar-refractivity contribution is 7.80. The number of carboxylic acid groups (broad SMARTS) is 2. The van der Waals surface area contributed by atoms with Crippen LogP contribution < -0.4 is 96.4 Å². The number of aliphatic carboxylic acids is 2. The van der Waals surface area contributed by atoms with E-state index in [-0.39, 0.29) is 105 Å². The number of phenolic OH excluding ortho intramolecular Hbond substituents is 2. The molecule has 4 aliphatic heterocycles. The second-order valence-electron chi connectivity index (χ2n) is 31.7. The van der Waals surface area contributed by atoms with Gasteiger partial charge in [0.1, 0.15) is 102 Å². The number of amides is 14. The van der Waals surface area contributed by atoms with Crippen molar-refractivity contribution in [3.63, 3.8) is 0 Å². The summed E-state index contributed by atoms with van der Waals surface area (Å²) in [6.07, 6.45) is -1.58. The van der Waals surface area contributed by atoms with E-state index in [1.807, 2.05) is 0 Å². The van der Waals surface area contributed by atoms with Crippen LogP contribution in [0.1, 0.15) is 131 Å². The Hall–Kier alpha value is -14.1. The molecule has 4 aromatic carbocycles. The minimum Gasteiger partial charge on any atom is -0.508 e. The number of anilines is 1. The summed E-state index contributed by atoms with van der Waals surface area (Å²) in [5, 5.41) is 93.3. The zero-order valence-electron chi connectivity index (χ0n) is 71.7. The molecule has 0 aliphatic carbocycles. The third-order valence-electron chi connectivity index (χ3n) is 21.1. The number of nitrogens with zero attached hydrogens (tertiary/aromatic N) is 1. The van der Waals surface area contributed by atoms with Gasteiger partial charge in [-0.2, -0.15) is 0 Å². The Morgan fingerprint density at radius 3 is 1.85 bits per heavy atom. The van der Waals surface area contributed by atoms with Gasteiger partial charge in [0.15, 0.2) is 16.7 Å². The lowest BCUT2D eigenvalue weighted by Crippen LogP contribution is -2.62. The Labute approximate surface area is 749 Å². The maximum Gasteiger partial charge on any atom is 0.340 e. The molecule has 0 bridgehead atoms. The first-order valence-corrected chi connectivity index (χ1v) is 42.0. The number of rotatable bonds is 42. The fourth-order valence-electron chi connectivity index (χ4n) is 14.5. The van der Waals surface area contributed by atoms with Crippen LogP contribution in [-0.2, 0) is 103 Å². The van der Waals surface area contributed by atoms with Gasteiger partial charge in [0.2, 0.25) is 82.7 Å². The standard InChI is InChI=1S/C84H109N19O26S/c1-41(2)67(101-74(118)54(17-11-27-89-82(87)88)95-77(121)59(39-104)93-64(108)40-127-32-31-126-30-28-90-83(130)92-45-19-22-49-48(34-45)81(125)129-84(49)50-23-20-46(105)35-61(50)128-62-36-47(106)21-24-51(62)84)79(123)102-68(42(3)4)80(124)103-29-12-18-60(103)78(122)97-53-16-10-9-15-52(72(116)100-58(38-66(111)112)75(119)91-43(5)70(114)98-56(69(86)113)37-65(109)110)94-76(120)57(33-44-13-7-6-8-14-44)99-73(117)55(96-71(53)115)25-26-63(85)107/h6-10,13-14,19-24,34-36,41-43,52-60,67-68,104-106H,11-12,15-18,25-33,37-40H2,1-5H3,(H2,85,107)(H2,86,113)(H,91,119)(H,93,108)(H,94,120)(H,95,121)(H,96,115)(H,97,122)(H,98,114)(H,99,117)(H,100,116)(H,101,118)(H,102,123)(H,109,110)(H,111,112)(H4,87,88,89)(H2,90,92,130)/b10-9+/t43-,52-,53-,54-,55-,56-,57-,58-,59-,60-,67-,68-/m0/s1. The van der Waals surface area contributed by atoms with Crippen molar-refractivity contribution in [1.29, 1.82) is 5.41 Å². The maximum absolute atomic E-state index is 14.9. The van der Waals surface area contributed by atoms with Crippen molar-refractivity contribution in [3.8, 4) is 23.0 Å². The molecule has 0 saturated carbocycles. The third-order valence-corrected chi connectivity index (χ3v) is 21.4. The second kappa shape index (κ2) is 47.6. The van der Waals surface area contributed by atoms with Gasteiger partial charge >= 0.3 is 17.9 Å². The van der Waals surface area contributed by atoms with Crippen LogP contribution in [0.3, 0.4) is 0 Å². The Bertz CT molecular complexity index is 4890. The second-order valence-corrected chi connectivity index (χ2v) is 32.1. The summed E-state index contributed by atoms with van der Waals surface area (Å²) in [6.45, 7) is 5.98. The van der Waals surface area contributed by atoms with Crippen molar-refractivity contribution < 1.29 is 126 Å². The Morgan fingerprint density at radius 1 is 0.623 bits per heavy atom. The molecule has 702 valence electrons. The average Bonchev–Trinajstić information content (AvgIpc) is 1.51. The highest BCUT2D eigenvalue weighted by Gasteiger charge is 2.54. The molecule has 0 aromatic heterocycles. The zero-order valence-corrected chi connectivity index (χ0v) is 72.5. The van der Waals surface area contributed by atoms with E-state index in [4.69, 9.17) is 53.8 Å². The predicted octanol–water partition coefficient (Wildman–Crippen LogP) is -3.81. The number of carbonyl (C=O) groups excluding carboxylic acids is 15. The Balaban J connectivity index is 0.872. The number of nitrogens with one attached hydrogen (secondary N) is 15. The van der Waals surface area contributed by atoms with Crippen LogP contribution in [0.4, 0.5) is 5.69 Å². The molecule has 130 heavy (non-hydrogen) atoms. The number of thiocarbonyl (C=S) groups is 1. The normalized spacial score (nSPS) is 18.6. The highest BCUT2D eigenvalue weighted by Crippen LogP contribution is 2.57. The van der Waals surface area contributed by atoms with Gasteiger partial charge in [-0.05, 0) is 118 Å². The molecule has 1 fully saturated rings. The average molecular weight is 1830 g/mol. The lowest BCUT2D eigenvalue weighted by atomic mass is 9.77.